The Balaban J connectivity index is 1.58. The third kappa shape index (κ3) is 4.35. The van der Waals surface area contributed by atoms with E-state index in [-0.39, 0.29) is 6.03 Å². The van der Waals surface area contributed by atoms with Gasteiger partial charge in [-0.1, -0.05) is 43.7 Å². The third-order valence-corrected chi connectivity index (χ3v) is 5.03. The smallest absolute Gasteiger partial charge is 0.317 e. The maximum atomic E-state index is 12.5. The fourth-order valence-electron chi connectivity index (χ4n) is 3.65. The minimum Gasteiger partial charge on any atom is -0.332 e. The zero-order valence-corrected chi connectivity index (χ0v) is 15.0. The van der Waals surface area contributed by atoms with Gasteiger partial charge in [0, 0.05) is 19.3 Å². The van der Waals surface area contributed by atoms with Crippen LogP contribution in [-0.2, 0) is 6.54 Å². The van der Waals surface area contributed by atoms with Crippen LogP contribution in [0.1, 0.15) is 42.8 Å². The van der Waals surface area contributed by atoms with Crippen molar-refractivity contribution in [3.05, 3.63) is 59.7 Å². The van der Waals surface area contributed by atoms with Crippen LogP contribution in [0.3, 0.4) is 0 Å². The first-order valence-electron chi connectivity index (χ1n) is 9.03. The number of aryl methyl sites for hydroxylation is 1. The molecule has 2 heterocycles. The number of carbonyl (C=O) groups is 1. The van der Waals surface area contributed by atoms with Crippen molar-refractivity contribution in [2.24, 2.45) is 5.92 Å². The minimum atomic E-state index is 0.00114. The maximum Gasteiger partial charge on any atom is 0.317 e. The van der Waals surface area contributed by atoms with E-state index >= 15 is 0 Å². The molecule has 1 aliphatic rings. The maximum absolute atomic E-state index is 12.5. The quantitative estimate of drug-likeness (QED) is 0.928. The molecular formula is C20H26N4O. The second-order valence-corrected chi connectivity index (χ2v) is 6.67. The normalized spacial score (nSPS) is 20.3. The molecule has 1 fully saturated rings. The van der Waals surface area contributed by atoms with E-state index in [1.165, 1.54) is 5.56 Å². The molecule has 0 radical (unpaired) electrons. The lowest BCUT2D eigenvalue weighted by Crippen LogP contribution is -2.47. The standard InChI is InChI=1S/C20H26N4O/c1-3-16-14-24(12-10-19(16)17-7-5-4-6-8-17)20(25)22-13-18-9-11-21-15(2)23-18/h4-9,11,16,19H,3,10,12-14H2,1-2H3,(H,22,25)/t16-,19+/m1/s1. The van der Waals surface area contributed by atoms with Crippen molar-refractivity contribution in [2.75, 3.05) is 13.1 Å². The summed E-state index contributed by atoms with van der Waals surface area (Å²) in [7, 11) is 0. The third-order valence-electron chi connectivity index (χ3n) is 5.03. The lowest BCUT2D eigenvalue weighted by Gasteiger charge is -2.38. The van der Waals surface area contributed by atoms with Crippen molar-refractivity contribution in [3.8, 4) is 0 Å². The molecule has 2 aromatic rings. The van der Waals surface area contributed by atoms with Crippen LogP contribution in [0.25, 0.3) is 0 Å². The molecule has 2 amide bonds. The Morgan fingerprint density at radius 3 is 2.80 bits per heavy atom. The van der Waals surface area contributed by atoms with Crippen LogP contribution in [0.4, 0.5) is 4.79 Å². The van der Waals surface area contributed by atoms with E-state index in [2.05, 4.69) is 52.5 Å². The molecule has 1 saturated heterocycles. The number of benzene rings is 1. The molecule has 0 bridgehead atoms. The van der Waals surface area contributed by atoms with Crippen LogP contribution >= 0.6 is 0 Å². The number of piperidine rings is 1. The highest BCUT2D eigenvalue weighted by atomic mass is 16.2. The second kappa shape index (κ2) is 8.10. The highest BCUT2D eigenvalue weighted by Crippen LogP contribution is 2.34. The number of amides is 2. The van der Waals surface area contributed by atoms with Crippen LogP contribution in [-0.4, -0.2) is 34.0 Å². The van der Waals surface area contributed by atoms with Gasteiger partial charge in [0.05, 0.1) is 12.2 Å². The Kier molecular flexibility index (Phi) is 5.64. The number of nitrogens with one attached hydrogen (secondary N) is 1. The van der Waals surface area contributed by atoms with Crippen molar-refractivity contribution in [3.63, 3.8) is 0 Å². The molecule has 2 atom stereocenters. The fraction of sp³-hybridized carbons (Fsp3) is 0.450. The van der Waals surface area contributed by atoms with Gasteiger partial charge in [-0.3, -0.25) is 0 Å². The van der Waals surface area contributed by atoms with E-state index in [4.69, 9.17) is 0 Å². The summed E-state index contributed by atoms with van der Waals surface area (Å²) in [6, 6.07) is 12.5. The van der Waals surface area contributed by atoms with Crippen molar-refractivity contribution in [2.45, 2.75) is 39.2 Å². The number of hydrogen-bond acceptors (Lipinski definition) is 3. The number of rotatable bonds is 4. The largest absolute Gasteiger partial charge is 0.332 e. The van der Waals surface area contributed by atoms with Gasteiger partial charge in [0.25, 0.3) is 0 Å². The minimum absolute atomic E-state index is 0.00114. The second-order valence-electron chi connectivity index (χ2n) is 6.67. The van der Waals surface area contributed by atoms with Crippen molar-refractivity contribution >= 4 is 6.03 Å². The average molecular weight is 338 g/mol. The van der Waals surface area contributed by atoms with Gasteiger partial charge in [0.2, 0.25) is 0 Å². The summed E-state index contributed by atoms with van der Waals surface area (Å²) in [4.78, 5) is 22.9. The highest BCUT2D eigenvalue weighted by molar-refractivity contribution is 5.74. The molecule has 5 heteroatoms. The van der Waals surface area contributed by atoms with Gasteiger partial charge in [0.15, 0.2) is 0 Å². The van der Waals surface area contributed by atoms with Gasteiger partial charge < -0.3 is 10.2 Å². The predicted molar refractivity (Wildman–Crippen MR) is 98.2 cm³/mol. The summed E-state index contributed by atoms with van der Waals surface area (Å²) in [5.41, 5.74) is 2.23. The number of aromatic nitrogens is 2. The molecule has 132 valence electrons. The molecule has 1 aromatic carbocycles. The van der Waals surface area contributed by atoms with Crippen LogP contribution < -0.4 is 5.32 Å². The molecule has 0 aliphatic carbocycles. The molecule has 0 unspecified atom stereocenters. The first kappa shape index (κ1) is 17.4. The zero-order valence-electron chi connectivity index (χ0n) is 15.0. The zero-order chi connectivity index (χ0) is 17.6. The summed E-state index contributed by atoms with van der Waals surface area (Å²) in [5.74, 6) is 1.77. The number of likely N-dealkylation sites (tertiary alicyclic amines) is 1. The lowest BCUT2D eigenvalue weighted by molar-refractivity contribution is 0.151. The number of hydrogen-bond donors (Lipinski definition) is 1. The SMILES string of the molecule is CC[C@@H]1CN(C(=O)NCc2ccnc(C)n2)CC[C@@H]1c1ccccc1. The summed E-state index contributed by atoms with van der Waals surface area (Å²) < 4.78 is 0. The van der Waals surface area contributed by atoms with Gasteiger partial charge in [-0.2, -0.15) is 0 Å². The monoisotopic (exact) mass is 338 g/mol. The first-order chi connectivity index (χ1) is 12.2. The highest BCUT2D eigenvalue weighted by Gasteiger charge is 2.31. The van der Waals surface area contributed by atoms with E-state index in [0.29, 0.717) is 18.4 Å². The van der Waals surface area contributed by atoms with Gasteiger partial charge in [0.1, 0.15) is 5.82 Å². The summed E-state index contributed by atoms with van der Waals surface area (Å²) in [6.07, 6.45) is 3.82. The van der Waals surface area contributed by atoms with Gasteiger partial charge in [-0.25, -0.2) is 14.8 Å². The first-order valence-corrected chi connectivity index (χ1v) is 9.03. The molecule has 0 saturated carbocycles. The van der Waals surface area contributed by atoms with Crippen LogP contribution in [0.15, 0.2) is 42.6 Å². The van der Waals surface area contributed by atoms with E-state index in [1.807, 2.05) is 17.9 Å². The topological polar surface area (TPSA) is 58.1 Å². The van der Waals surface area contributed by atoms with Crippen LogP contribution in [0.2, 0.25) is 0 Å². The fourth-order valence-corrected chi connectivity index (χ4v) is 3.65. The number of nitrogens with zero attached hydrogens (tertiary/aromatic N) is 3. The van der Waals surface area contributed by atoms with Crippen molar-refractivity contribution in [1.29, 1.82) is 0 Å². The summed E-state index contributed by atoms with van der Waals surface area (Å²) in [5, 5.41) is 2.99. The molecule has 1 aromatic heterocycles. The Bertz CT molecular complexity index is 704. The van der Waals surface area contributed by atoms with Gasteiger partial charge in [-0.15, -0.1) is 0 Å². The number of carbonyl (C=O) groups excluding carboxylic acids is 1. The van der Waals surface area contributed by atoms with Gasteiger partial charge in [-0.05, 0) is 36.8 Å². The Morgan fingerprint density at radius 2 is 2.08 bits per heavy atom. The lowest BCUT2D eigenvalue weighted by atomic mass is 9.79. The van der Waals surface area contributed by atoms with E-state index in [0.717, 1.165) is 37.4 Å². The number of urea groups is 1. The summed E-state index contributed by atoms with van der Waals surface area (Å²) >= 11 is 0. The van der Waals surface area contributed by atoms with Gasteiger partial charge >= 0.3 is 6.03 Å². The van der Waals surface area contributed by atoms with Crippen molar-refractivity contribution in [1.82, 2.24) is 20.2 Å². The van der Waals surface area contributed by atoms with E-state index in [1.54, 1.807) is 6.20 Å². The molecule has 1 aliphatic heterocycles. The van der Waals surface area contributed by atoms with Crippen LogP contribution in [0.5, 0.6) is 0 Å². The van der Waals surface area contributed by atoms with Crippen LogP contribution in [0, 0.1) is 12.8 Å². The Morgan fingerprint density at radius 1 is 1.28 bits per heavy atom. The van der Waals surface area contributed by atoms with Crippen molar-refractivity contribution < 1.29 is 4.79 Å². The molecule has 25 heavy (non-hydrogen) atoms. The van der Waals surface area contributed by atoms with E-state index < -0.39 is 0 Å². The molecule has 3 rings (SSSR count). The summed E-state index contributed by atoms with van der Waals surface area (Å²) in [6.45, 7) is 6.12. The Hall–Kier alpha value is -2.43. The average Bonchev–Trinajstić information content (AvgIpc) is 2.66. The molecular weight excluding hydrogens is 312 g/mol. The molecule has 0 spiro atoms. The molecule has 1 N–H and O–H groups in total. The molecule has 5 nitrogen and oxygen atoms in total. The predicted octanol–water partition coefficient (Wildman–Crippen LogP) is 3.51. The Labute approximate surface area is 149 Å². The van der Waals surface area contributed by atoms with E-state index in [9.17, 15) is 4.79 Å².